The van der Waals surface area contributed by atoms with Gasteiger partial charge >= 0.3 is 0 Å². The molecule has 1 aliphatic heterocycles. The number of furan rings is 1. The first-order valence-corrected chi connectivity index (χ1v) is 9.72. The van der Waals surface area contributed by atoms with Gasteiger partial charge in [-0.25, -0.2) is 0 Å². The van der Waals surface area contributed by atoms with E-state index in [0.717, 1.165) is 16.7 Å². The Kier molecular flexibility index (Phi) is 5.15. The molecular formula is C21H14N2O3S2. The van der Waals surface area contributed by atoms with Gasteiger partial charge in [-0.3, -0.25) is 9.78 Å². The van der Waals surface area contributed by atoms with Crippen LogP contribution in [0.15, 0.2) is 52.0 Å². The molecule has 1 aliphatic rings. The lowest BCUT2D eigenvalue weighted by molar-refractivity contribution is -0.115. The molecule has 1 aromatic carbocycles. The molecule has 3 heterocycles. The van der Waals surface area contributed by atoms with E-state index in [2.05, 4.69) is 22.1 Å². The van der Waals surface area contributed by atoms with Crippen LogP contribution in [0.25, 0.3) is 17.0 Å². The van der Waals surface area contributed by atoms with E-state index >= 15 is 0 Å². The van der Waals surface area contributed by atoms with E-state index in [1.807, 2.05) is 37.3 Å². The zero-order valence-electron chi connectivity index (χ0n) is 14.8. The highest BCUT2D eigenvalue weighted by Gasteiger charge is 2.22. The lowest BCUT2D eigenvalue weighted by Gasteiger charge is -2.01. The molecule has 28 heavy (non-hydrogen) atoms. The van der Waals surface area contributed by atoms with Crippen molar-refractivity contribution in [2.24, 2.45) is 0 Å². The van der Waals surface area contributed by atoms with Gasteiger partial charge in [-0.05, 0) is 37.3 Å². The second-order valence-corrected chi connectivity index (χ2v) is 7.53. The summed E-state index contributed by atoms with van der Waals surface area (Å²) in [5.74, 6) is 7.36. The number of rotatable bonds is 3. The molecule has 1 amide bonds. The third kappa shape index (κ3) is 3.93. The number of pyridine rings is 1. The molecule has 0 atom stereocenters. The van der Waals surface area contributed by atoms with E-state index in [1.165, 1.54) is 11.8 Å². The maximum absolute atomic E-state index is 11.8. The van der Waals surface area contributed by atoms with Gasteiger partial charge in [0.05, 0.1) is 17.1 Å². The first-order valence-electron chi connectivity index (χ1n) is 8.49. The van der Waals surface area contributed by atoms with Crippen molar-refractivity contribution in [1.29, 1.82) is 0 Å². The average Bonchev–Trinajstić information content (AvgIpc) is 3.24. The van der Waals surface area contributed by atoms with Gasteiger partial charge in [-0.2, -0.15) is 0 Å². The van der Waals surface area contributed by atoms with Crippen LogP contribution in [-0.2, 0) is 4.79 Å². The summed E-state index contributed by atoms with van der Waals surface area (Å²) in [7, 11) is 0. The number of ether oxygens (including phenoxy) is 1. The van der Waals surface area contributed by atoms with Crippen molar-refractivity contribution in [2.45, 2.75) is 6.92 Å². The molecule has 7 heteroatoms. The van der Waals surface area contributed by atoms with E-state index in [1.54, 1.807) is 18.5 Å². The first kappa shape index (κ1) is 18.3. The summed E-state index contributed by atoms with van der Waals surface area (Å²) in [4.78, 5) is 16.5. The average molecular weight is 406 g/mol. The van der Waals surface area contributed by atoms with Crippen LogP contribution in [-0.4, -0.2) is 21.8 Å². The Bertz CT molecular complexity index is 1170. The Balaban J connectivity index is 1.64. The predicted molar refractivity (Wildman–Crippen MR) is 114 cm³/mol. The quantitative estimate of drug-likeness (QED) is 0.401. The van der Waals surface area contributed by atoms with Crippen molar-refractivity contribution in [3.63, 3.8) is 0 Å². The zero-order chi connectivity index (χ0) is 19.5. The number of carbonyl (C=O) groups excluding carboxylic acids is 1. The smallest absolute Gasteiger partial charge is 0.263 e. The van der Waals surface area contributed by atoms with Gasteiger partial charge in [-0.1, -0.05) is 35.8 Å². The Morgan fingerprint density at radius 3 is 2.82 bits per heavy atom. The van der Waals surface area contributed by atoms with Crippen LogP contribution in [0, 0.1) is 11.8 Å². The molecule has 1 saturated heterocycles. The highest BCUT2D eigenvalue weighted by molar-refractivity contribution is 8.26. The van der Waals surface area contributed by atoms with Crippen LogP contribution in [0.2, 0.25) is 0 Å². The molecule has 5 nitrogen and oxygen atoms in total. The monoisotopic (exact) mass is 406 g/mol. The Morgan fingerprint density at radius 2 is 2.11 bits per heavy atom. The van der Waals surface area contributed by atoms with Crippen LogP contribution in [0.1, 0.15) is 23.8 Å². The minimum atomic E-state index is -0.218. The molecule has 0 radical (unpaired) electrons. The van der Waals surface area contributed by atoms with Crippen molar-refractivity contribution in [1.82, 2.24) is 10.3 Å². The molecule has 3 aromatic rings. The maximum Gasteiger partial charge on any atom is 0.263 e. The van der Waals surface area contributed by atoms with Gasteiger partial charge < -0.3 is 14.5 Å². The molecule has 4 rings (SSSR count). The van der Waals surface area contributed by atoms with Crippen molar-refractivity contribution in [3.8, 4) is 17.6 Å². The zero-order valence-corrected chi connectivity index (χ0v) is 16.4. The van der Waals surface area contributed by atoms with Crippen molar-refractivity contribution in [3.05, 3.63) is 64.5 Å². The Labute approximate surface area is 171 Å². The number of thioether (sulfide) groups is 1. The molecule has 0 aliphatic carbocycles. The third-order valence-electron chi connectivity index (χ3n) is 3.86. The minimum absolute atomic E-state index is 0.218. The number of nitrogens with zero attached hydrogens (tertiary/aromatic N) is 1. The van der Waals surface area contributed by atoms with Crippen LogP contribution < -0.4 is 10.1 Å². The number of thiocarbonyl (C=S) groups is 1. The number of amides is 1. The molecular weight excluding hydrogens is 392 g/mol. The molecule has 0 unspecified atom stereocenters. The molecule has 138 valence electrons. The fraction of sp³-hybridized carbons (Fsp3) is 0.0952. The second-order valence-electron chi connectivity index (χ2n) is 5.81. The van der Waals surface area contributed by atoms with E-state index < -0.39 is 0 Å². The first-order chi connectivity index (χ1) is 13.6. The van der Waals surface area contributed by atoms with Gasteiger partial charge in [0.1, 0.15) is 15.8 Å². The highest BCUT2D eigenvalue weighted by Crippen LogP contribution is 2.29. The minimum Gasteiger partial charge on any atom is -0.494 e. The third-order valence-corrected chi connectivity index (χ3v) is 5.03. The number of benzene rings is 1. The topological polar surface area (TPSA) is 64.4 Å². The summed E-state index contributed by atoms with van der Waals surface area (Å²) < 4.78 is 11.8. The number of carbonyl (C=O) groups is 1. The molecule has 0 spiro atoms. The van der Waals surface area contributed by atoms with Crippen LogP contribution in [0.3, 0.4) is 0 Å². The van der Waals surface area contributed by atoms with Crippen LogP contribution in [0.4, 0.5) is 0 Å². The normalized spacial score (nSPS) is 14.8. The lowest BCUT2D eigenvalue weighted by atomic mass is 10.2. The number of fused-ring (bicyclic) bond motifs is 1. The molecule has 0 bridgehead atoms. The Hall–Kier alpha value is -3.08. The SMILES string of the molecule is CCOc1ccc(C#Cc2cncc3cc(C=C4SC(=S)NC4=O)oc23)cc1. The van der Waals surface area contributed by atoms with Gasteiger partial charge in [0.15, 0.2) is 5.58 Å². The second kappa shape index (κ2) is 7.89. The standard InChI is InChI=1S/C21H14N2O3S2/c1-2-25-16-7-4-13(5-8-16)3-6-14-11-22-12-15-9-17(26-19(14)15)10-18-20(24)23-21(27)28-18/h4-5,7-12H,2H2,1H3,(H,23,24,27). The van der Waals surface area contributed by atoms with Crippen LogP contribution >= 0.6 is 24.0 Å². The Morgan fingerprint density at radius 1 is 1.29 bits per heavy atom. The van der Waals surface area contributed by atoms with Gasteiger partial charge in [0.2, 0.25) is 0 Å². The predicted octanol–water partition coefficient (Wildman–Crippen LogP) is 4.12. The van der Waals surface area contributed by atoms with Crippen LogP contribution in [0.5, 0.6) is 5.75 Å². The van der Waals surface area contributed by atoms with E-state index in [0.29, 0.717) is 32.7 Å². The largest absolute Gasteiger partial charge is 0.494 e. The van der Waals surface area contributed by atoms with Gasteiger partial charge in [0.25, 0.3) is 5.91 Å². The van der Waals surface area contributed by atoms with Crippen molar-refractivity contribution < 1.29 is 13.9 Å². The maximum atomic E-state index is 11.8. The fourth-order valence-corrected chi connectivity index (χ4v) is 3.66. The summed E-state index contributed by atoms with van der Waals surface area (Å²) in [5.41, 5.74) is 2.17. The molecule has 0 saturated carbocycles. The fourth-order valence-electron chi connectivity index (χ4n) is 2.63. The molecule has 1 N–H and O–H groups in total. The molecule has 2 aromatic heterocycles. The summed E-state index contributed by atoms with van der Waals surface area (Å²) in [6, 6.07) is 9.41. The molecule has 1 fully saturated rings. The van der Waals surface area contributed by atoms with E-state index in [-0.39, 0.29) is 5.91 Å². The number of aromatic nitrogens is 1. The summed E-state index contributed by atoms with van der Waals surface area (Å²) in [6.07, 6.45) is 5.04. The summed E-state index contributed by atoms with van der Waals surface area (Å²) in [5, 5.41) is 3.40. The summed E-state index contributed by atoms with van der Waals surface area (Å²) in [6.45, 7) is 2.57. The van der Waals surface area contributed by atoms with E-state index in [9.17, 15) is 4.79 Å². The lowest BCUT2D eigenvalue weighted by Crippen LogP contribution is -2.17. The number of hydrogen-bond acceptors (Lipinski definition) is 6. The summed E-state index contributed by atoms with van der Waals surface area (Å²) >= 11 is 6.21. The highest BCUT2D eigenvalue weighted by atomic mass is 32.2. The van der Waals surface area contributed by atoms with Crippen molar-refractivity contribution in [2.75, 3.05) is 6.61 Å². The van der Waals surface area contributed by atoms with Crippen molar-refractivity contribution >= 4 is 51.3 Å². The number of hydrogen-bond donors (Lipinski definition) is 1. The number of nitrogens with one attached hydrogen (secondary N) is 1. The van der Waals surface area contributed by atoms with Gasteiger partial charge in [0, 0.05) is 29.4 Å². The van der Waals surface area contributed by atoms with E-state index in [4.69, 9.17) is 21.4 Å². The van der Waals surface area contributed by atoms with Gasteiger partial charge in [-0.15, -0.1) is 0 Å².